The minimum absolute atomic E-state index is 0.137. The van der Waals surface area contributed by atoms with E-state index < -0.39 is 0 Å². The van der Waals surface area contributed by atoms with Crippen LogP contribution in [0.15, 0.2) is 22.8 Å². The topological polar surface area (TPSA) is 81.4 Å². The average molecular weight is 322 g/mol. The first-order chi connectivity index (χ1) is 10.5. The van der Waals surface area contributed by atoms with E-state index in [1.165, 1.54) is 11.3 Å². The number of furan rings is 1. The van der Waals surface area contributed by atoms with Gasteiger partial charge < -0.3 is 14.5 Å². The highest BCUT2D eigenvalue weighted by Gasteiger charge is 2.17. The van der Waals surface area contributed by atoms with Gasteiger partial charge in [-0.05, 0) is 32.9 Å². The van der Waals surface area contributed by atoms with Crippen molar-refractivity contribution in [2.75, 3.05) is 6.54 Å². The third kappa shape index (κ3) is 4.17. The summed E-state index contributed by atoms with van der Waals surface area (Å²) in [5.74, 6) is -0.00172. The van der Waals surface area contributed by atoms with Crippen LogP contribution >= 0.6 is 11.3 Å². The molecule has 0 aromatic carbocycles. The predicted octanol–water partition coefficient (Wildman–Crippen LogP) is 2.78. The SMILES string of the molecule is Cc1sc(-c2ccco2)nc1C(=O)NCCC(=O)OC(C)C. The Morgan fingerprint density at radius 2 is 2.23 bits per heavy atom. The van der Waals surface area contributed by atoms with E-state index in [1.807, 2.05) is 6.92 Å². The standard InChI is InChI=1S/C15H18N2O4S/c1-9(2)21-12(18)6-7-16-14(19)13-10(3)22-15(17-13)11-5-4-8-20-11/h4-5,8-9H,6-7H2,1-3H3,(H,16,19). The zero-order chi connectivity index (χ0) is 16.1. The van der Waals surface area contributed by atoms with Crippen LogP contribution < -0.4 is 5.32 Å². The average Bonchev–Trinajstić information content (AvgIpc) is 3.06. The molecule has 0 atom stereocenters. The first kappa shape index (κ1) is 16.2. The molecule has 1 N–H and O–H groups in total. The predicted molar refractivity (Wildman–Crippen MR) is 82.7 cm³/mol. The second-order valence-corrected chi connectivity index (χ2v) is 6.15. The molecule has 118 valence electrons. The zero-order valence-electron chi connectivity index (χ0n) is 12.7. The van der Waals surface area contributed by atoms with Crippen molar-refractivity contribution in [3.8, 4) is 10.8 Å². The summed E-state index contributed by atoms with van der Waals surface area (Å²) in [5, 5.41) is 3.34. The number of rotatable bonds is 6. The number of carbonyl (C=O) groups is 2. The lowest BCUT2D eigenvalue weighted by Gasteiger charge is -2.08. The Balaban J connectivity index is 1.92. The molecular weight excluding hydrogens is 304 g/mol. The lowest BCUT2D eigenvalue weighted by Crippen LogP contribution is -2.27. The zero-order valence-corrected chi connectivity index (χ0v) is 13.5. The third-order valence-corrected chi connectivity index (χ3v) is 3.71. The number of hydrogen-bond acceptors (Lipinski definition) is 6. The molecule has 2 rings (SSSR count). The summed E-state index contributed by atoms with van der Waals surface area (Å²) in [5.41, 5.74) is 0.355. The molecule has 0 aliphatic heterocycles. The summed E-state index contributed by atoms with van der Waals surface area (Å²) in [4.78, 5) is 28.6. The normalized spacial score (nSPS) is 10.7. The molecule has 0 radical (unpaired) electrons. The Labute approximate surface area is 132 Å². The Kier molecular flexibility index (Phi) is 5.32. The molecule has 7 heteroatoms. The van der Waals surface area contributed by atoms with Gasteiger partial charge >= 0.3 is 5.97 Å². The molecule has 6 nitrogen and oxygen atoms in total. The summed E-state index contributed by atoms with van der Waals surface area (Å²) in [7, 11) is 0. The van der Waals surface area contributed by atoms with Crippen LogP contribution in [0.3, 0.4) is 0 Å². The van der Waals surface area contributed by atoms with Gasteiger partial charge in [-0.3, -0.25) is 9.59 Å². The molecule has 0 unspecified atom stereocenters. The molecule has 0 spiro atoms. The van der Waals surface area contributed by atoms with Crippen LogP contribution in [-0.4, -0.2) is 29.5 Å². The number of amides is 1. The van der Waals surface area contributed by atoms with E-state index in [4.69, 9.17) is 9.15 Å². The quantitative estimate of drug-likeness (QED) is 0.827. The van der Waals surface area contributed by atoms with Crippen LogP contribution in [0.1, 0.15) is 35.6 Å². The Morgan fingerprint density at radius 3 is 2.86 bits per heavy atom. The van der Waals surface area contributed by atoms with Crippen molar-refractivity contribution in [2.45, 2.75) is 33.3 Å². The van der Waals surface area contributed by atoms with Gasteiger partial charge in [-0.15, -0.1) is 11.3 Å². The number of nitrogens with zero attached hydrogens (tertiary/aromatic N) is 1. The lowest BCUT2D eigenvalue weighted by atomic mass is 10.3. The highest BCUT2D eigenvalue weighted by atomic mass is 32.1. The van der Waals surface area contributed by atoms with Gasteiger partial charge in [0.15, 0.2) is 10.8 Å². The molecule has 0 bridgehead atoms. The van der Waals surface area contributed by atoms with Gasteiger partial charge in [-0.2, -0.15) is 0 Å². The van der Waals surface area contributed by atoms with E-state index in [-0.39, 0.29) is 30.9 Å². The fourth-order valence-electron chi connectivity index (χ4n) is 1.80. The minimum atomic E-state index is -0.332. The van der Waals surface area contributed by atoms with Crippen molar-refractivity contribution in [2.24, 2.45) is 0 Å². The fourth-order valence-corrected chi connectivity index (χ4v) is 2.68. The van der Waals surface area contributed by atoms with Crippen LogP contribution in [-0.2, 0) is 9.53 Å². The van der Waals surface area contributed by atoms with Crippen molar-refractivity contribution in [3.63, 3.8) is 0 Å². The number of esters is 1. The molecule has 1 amide bonds. The highest BCUT2D eigenvalue weighted by molar-refractivity contribution is 7.15. The first-order valence-corrected chi connectivity index (χ1v) is 7.78. The summed E-state index contributed by atoms with van der Waals surface area (Å²) in [6, 6.07) is 3.56. The number of ether oxygens (including phenoxy) is 1. The number of thiazole rings is 1. The number of nitrogens with one attached hydrogen (secondary N) is 1. The molecule has 2 aromatic heterocycles. The van der Waals surface area contributed by atoms with Gasteiger partial charge in [0.2, 0.25) is 0 Å². The van der Waals surface area contributed by atoms with Gasteiger partial charge in [0.05, 0.1) is 18.8 Å². The number of carbonyl (C=O) groups excluding carboxylic acids is 2. The molecule has 22 heavy (non-hydrogen) atoms. The summed E-state index contributed by atoms with van der Waals surface area (Å²) < 4.78 is 10.3. The van der Waals surface area contributed by atoms with Crippen LogP contribution in [0.2, 0.25) is 0 Å². The van der Waals surface area contributed by atoms with Crippen LogP contribution in [0.25, 0.3) is 10.8 Å². The number of aromatic nitrogens is 1. The van der Waals surface area contributed by atoms with Crippen LogP contribution in [0, 0.1) is 6.92 Å². The van der Waals surface area contributed by atoms with Crippen LogP contribution in [0.5, 0.6) is 0 Å². The van der Waals surface area contributed by atoms with Gasteiger partial charge in [0.1, 0.15) is 5.69 Å². The molecule has 0 aliphatic carbocycles. The number of aryl methyl sites for hydroxylation is 1. The Morgan fingerprint density at radius 1 is 1.45 bits per heavy atom. The van der Waals surface area contributed by atoms with E-state index in [2.05, 4.69) is 10.3 Å². The maximum absolute atomic E-state index is 12.1. The first-order valence-electron chi connectivity index (χ1n) is 6.96. The fraction of sp³-hybridized carbons (Fsp3) is 0.400. The van der Waals surface area contributed by atoms with Gasteiger partial charge in [0.25, 0.3) is 5.91 Å². The minimum Gasteiger partial charge on any atom is -0.463 e. The van der Waals surface area contributed by atoms with Crippen molar-refractivity contribution in [1.82, 2.24) is 10.3 Å². The van der Waals surface area contributed by atoms with Gasteiger partial charge in [-0.1, -0.05) is 0 Å². The Bertz CT molecular complexity index is 647. The molecule has 2 aromatic rings. The maximum Gasteiger partial charge on any atom is 0.307 e. The molecular formula is C15H18N2O4S. The van der Waals surface area contributed by atoms with E-state index in [0.717, 1.165) is 4.88 Å². The molecule has 2 heterocycles. The summed E-state index contributed by atoms with van der Waals surface area (Å²) >= 11 is 1.39. The monoisotopic (exact) mass is 322 g/mol. The van der Waals surface area contributed by atoms with Gasteiger partial charge in [0, 0.05) is 11.4 Å². The summed E-state index contributed by atoms with van der Waals surface area (Å²) in [6.07, 6.45) is 1.55. The largest absolute Gasteiger partial charge is 0.463 e. The lowest BCUT2D eigenvalue weighted by molar-refractivity contribution is -0.147. The molecule has 0 saturated carbocycles. The highest BCUT2D eigenvalue weighted by Crippen LogP contribution is 2.27. The van der Waals surface area contributed by atoms with E-state index >= 15 is 0 Å². The van der Waals surface area contributed by atoms with Crippen molar-refractivity contribution < 1.29 is 18.7 Å². The van der Waals surface area contributed by atoms with E-state index in [1.54, 1.807) is 32.2 Å². The smallest absolute Gasteiger partial charge is 0.307 e. The van der Waals surface area contributed by atoms with Crippen molar-refractivity contribution in [1.29, 1.82) is 0 Å². The van der Waals surface area contributed by atoms with Gasteiger partial charge in [-0.25, -0.2) is 4.98 Å². The molecule has 0 aliphatic rings. The van der Waals surface area contributed by atoms with Crippen molar-refractivity contribution in [3.05, 3.63) is 29.0 Å². The summed E-state index contributed by atoms with van der Waals surface area (Å²) in [6.45, 7) is 5.61. The van der Waals surface area contributed by atoms with Crippen molar-refractivity contribution >= 4 is 23.2 Å². The van der Waals surface area contributed by atoms with Crippen LogP contribution in [0.4, 0.5) is 0 Å². The maximum atomic E-state index is 12.1. The third-order valence-electron chi connectivity index (χ3n) is 2.73. The van der Waals surface area contributed by atoms with E-state index in [9.17, 15) is 9.59 Å². The second kappa shape index (κ2) is 7.22. The molecule has 0 fully saturated rings. The Hall–Kier alpha value is -2.15. The number of hydrogen-bond donors (Lipinski definition) is 1. The van der Waals surface area contributed by atoms with E-state index in [0.29, 0.717) is 16.5 Å². The molecule has 0 saturated heterocycles. The second-order valence-electron chi connectivity index (χ2n) is 4.95.